The van der Waals surface area contributed by atoms with Crippen molar-refractivity contribution in [2.75, 3.05) is 5.32 Å². The summed E-state index contributed by atoms with van der Waals surface area (Å²) in [5, 5.41) is 3.00. The van der Waals surface area contributed by atoms with E-state index in [0.717, 1.165) is 29.0 Å². The molecule has 0 aliphatic carbocycles. The maximum Gasteiger partial charge on any atom is 0.274 e. The molecule has 4 nitrogen and oxygen atoms in total. The predicted octanol–water partition coefficient (Wildman–Crippen LogP) is 4.58. The molecule has 3 rings (SSSR count). The lowest BCUT2D eigenvalue weighted by atomic mass is 10.0. The van der Waals surface area contributed by atoms with Crippen molar-refractivity contribution < 1.29 is 4.79 Å². The second kappa shape index (κ2) is 6.48. The quantitative estimate of drug-likeness (QED) is 0.764. The van der Waals surface area contributed by atoms with E-state index in [-0.39, 0.29) is 5.91 Å². The largest absolute Gasteiger partial charge is 0.321 e. The Labute approximate surface area is 142 Å². The van der Waals surface area contributed by atoms with E-state index in [0.29, 0.717) is 11.6 Å². The third-order valence-electron chi connectivity index (χ3n) is 4.22. The number of amides is 1. The average molecular weight is 321 g/mol. The summed E-state index contributed by atoms with van der Waals surface area (Å²) >= 11 is 0. The molecule has 3 aromatic rings. The summed E-state index contributed by atoms with van der Waals surface area (Å²) < 4.78 is 1.88. The van der Waals surface area contributed by atoms with Crippen molar-refractivity contribution in [2.45, 2.75) is 40.0 Å². The van der Waals surface area contributed by atoms with E-state index in [2.05, 4.69) is 36.3 Å². The molecule has 2 aromatic heterocycles. The molecule has 0 fully saturated rings. The van der Waals surface area contributed by atoms with E-state index in [1.54, 1.807) is 0 Å². The van der Waals surface area contributed by atoms with Gasteiger partial charge < -0.3 is 5.32 Å². The summed E-state index contributed by atoms with van der Waals surface area (Å²) in [6, 6.07) is 12.0. The van der Waals surface area contributed by atoms with Crippen molar-refractivity contribution in [1.29, 1.82) is 0 Å². The van der Waals surface area contributed by atoms with Gasteiger partial charge in [-0.1, -0.05) is 39.0 Å². The number of hydrogen-bond acceptors (Lipinski definition) is 2. The zero-order valence-corrected chi connectivity index (χ0v) is 14.6. The first kappa shape index (κ1) is 16.2. The van der Waals surface area contributed by atoms with Crippen molar-refractivity contribution in [3.05, 3.63) is 65.1 Å². The van der Waals surface area contributed by atoms with Gasteiger partial charge in [-0.05, 0) is 48.6 Å². The molecular weight excluding hydrogens is 298 g/mol. The summed E-state index contributed by atoms with van der Waals surface area (Å²) in [6.45, 7) is 8.34. The number of anilines is 1. The standard InChI is InChI=1S/C20H23N3O/c1-5-17-19(23-12-14(4)6-11-18(23)22-17)20(24)21-16-9-7-15(8-10-16)13(2)3/h6-13H,5H2,1-4H3,(H,21,24). The van der Waals surface area contributed by atoms with Crippen molar-refractivity contribution >= 4 is 17.2 Å². The van der Waals surface area contributed by atoms with Gasteiger partial charge in [0.1, 0.15) is 11.3 Å². The zero-order valence-electron chi connectivity index (χ0n) is 14.6. The van der Waals surface area contributed by atoms with Crippen molar-refractivity contribution in [1.82, 2.24) is 9.38 Å². The molecule has 2 heterocycles. The second-order valence-electron chi connectivity index (χ2n) is 6.43. The molecular formula is C20H23N3O. The predicted molar refractivity (Wildman–Crippen MR) is 97.8 cm³/mol. The van der Waals surface area contributed by atoms with Crippen LogP contribution < -0.4 is 5.32 Å². The second-order valence-corrected chi connectivity index (χ2v) is 6.43. The van der Waals surface area contributed by atoms with Gasteiger partial charge in [-0.3, -0.25) is 9.20 Å². The fourth-order valence-electron chi connectivity index (χ4n) is 2.83. The Bertz CT molecular complexity index is 876. The molecule has 1 aromatic carbocycles. The fraction of sp³-hybridized carbons (Fsp3) is 0.300. The van der Waals surface area contributed by atoms with Gasteiger partial charge in [-0.2, -0.15) is 0 Å². The molecule has 1 N–H and O–H groups in total. The van der Waals surface area contributed by atoms with E-state index in [9.17, 15) is 4.79 Å². The number of imidazole rings is 1. The molecule has 124 valence electrons. The van der Waals surface area contributed by atoms with Crippen LogP contribution >= 0.6 is 0 Å². The third kappa shape index (κ3) is 3.04. The first-order valence-electron chi connectivity index (χ1n) is 8.38. The molecule has 0 atom stereocenters. The lowest BCUT2D eigenvalue weighted by Gasteiger charge is -2.09. The third-order valence-corrected chi connectivity index (χ3v) is 4.22. The van der Waals surface area contributed by atoms with Crippen LogP contribution in [0.4, 0.5) is 5.69 Å². The number of nitrogens with one attached hydrogen (secondary N) is 1. The highest BCUT2D eigenvalue weighted by molar-refractivity contribution is 6.04. The van der Waals surface area contributed by atoms with Gasteiger partial charge >= 0.3 is 0 Å². The normalized spacial score (nSPS) is 11.2. The minimum Gasteiger partial charge on any atom is -0.321 e. The number of nitrogens with zero attached hydrogens (tertiary/aromatic N) is 2. The Hall–Kier alpha value is -2.62. The van der Waals surface area contributed by atoms with Crippen LogP contribution in [0, 0.1) is 6.92 Å². The minimum absolute atomic E-state index is 0.123. The van der Waals surface area contributed by atoms with Crippen molar-refractivity contribution in [2.24, 2.45) is 0 Å². The van der Waals surface area contributed by atoms with Gasteiger partial charge in [-0.25, -0.2) is 4.98 Å². The van der Waals surface area contributed by atoms with Gasteiger partial charge in [0, 0.05) is 11.9 Å². The Morgan fingerprint density at radius 1 is 1.17 bits per heavy atom. The van der Waals surface area contributed by atoms with Crippen LogP contribution in [0.5, 0.6) is 0 Å². The van der Waals surface area contributed by atoms with Crippen LogP contribution in [0.15, 0.2) is 42.6 Å². The molecule has 24 heavy (non-hydrogen) atoms. The number of carbonyl (C=O) groups is 1. The van der Waals surface area contributed by atoms with Crippen LogP contribution in [-0.2, 0) is 6.42 Å². The van der Waals surface area contributed by atoms with Crippen molar-refractivity contribution in [3.8, 4) is 0 Å². The molecule has 4 heteroatoms. The van der Waals surface area contributed by atoms with Gasteiger partial charge in [0.2, 0.25) is 0 Å². The van der Waals surface area contributed by atoms with Crippen molar-refractivity contribution in [3.63, 3.8) is 0 Å². The van der Waals surface area contributed by atoms with Gasteiger partial charge in [0.15, 0.2) is 0 Å². The van der Waals surface area contributed by atoms with Crippen LogP contribution in [0.1, 0.15) is 54.0 Å². The zero-order chi connectivity index (χ0) is 17.3. The van der Waals surface area contributed by atoms with E-state index < -0.39 is 0 Å². The summed E-state index contributed by atoms with van der Waals surface area (Å²) in [7, 11) is 0. The number of pyridine rings is 1. The molecule has 0 saturated heterocycles. The lowest BCUT2D eigenvalue weighted by molar-refractivity contribution is 0.102. The molecule has 1 amide bonds. The number of hydrogen-bond donors (Lipinski definition) is 1. The maximum absolute atomic E-state index is 12.8. The monoisotopic (exact) mass is 321 g/mol. The lowest BCUT2D eigenvalue weighted by Crippen LogP contribution is -2.16. The molecule has 0 radical (unpaired) electrons. The highest BCUT2D eigenvalue weighted by Crippen LogP contribution is 2.20. The summed E-state index contributed by atoms with van der Waals surface area (Å²) in [6.07, 6.45) is 2.67. The Balaban J connectivity index is 1.94. The topological polar surface area (TPSA) is 46.4 Å². The highest BCUT2D eigenvalue weighted by Gasteiger charge is 2.18. The average Bonchev–Trinajstić information content (AvgIpc) is 2.93. The number of benzene rings is 1. The number of rotatable bonds is 4. The van der Waals surface area contributed by atoms with Crippen LogP contribution in [0.2, 0.25) is 0 Å². The summed E-state index contributed by atoms with van der Waals surface area (Å²) in [5.41, 5.74) is 5.39. The number of aryl methyl sites for hydroxylation is 2. The smallest absolute Gasteiger partial charge is 0.274 e. The SMILES string of the molecule is CCc1nc2ccc(C)cn2c1C(=O)Nc1ccc(C(C)C)cc1. The number of fused-ring (bicyclic) bond motifs is 1. The number of carbonyl (C=O) groups excluding carboxylic acids is 1. The summed E-state index contributed by atoms with van der Waals surface area (Å²) in [4.78, 5) is 17.4. The van der Waals surface area contributed by atoms with Crippen LogP contribution in [-0.4, -0.2) is 15.3 Å². The van der Waals surface area contributed by atoms with Gasteiger partial charge in [0.05, 0.1) is 5.69 Å². The molecule has 0 saturated carbocycles. The Morgan fingerprint density at radius 3 is 2.50 bits per heavy atom. The highest BCUT2D eigenvalue weighted by atomic mass is 16.2. The van der Waals surface area contributed by atoms with E-state index >= 15 is 0 Å². The van der Waals surface area contributed by atoms with E-state index in [1.165, 1.54) is 5.56 Å². The van der Waals surface area contributed by atoms with Gasteiger partial charge in [-0.15, -0.1) is 0 Å². The molecule has 0 aliphatic heterocycles. The molecule has 0 unspecified atom stereocenters. The van der Waals surface area contributed by atoms with E-state index in [4.69, 9.17) is 0 Å². The number of aromatic nitrogens is 2. The first-order valence-corrected chi connectivity index (χ1v) is 8.38. The molecule has 0 aliphatic rings. The van der Waals surface area contributed by atoms with Crippen LogP contribution in [0.25, 0.3) is 5.65 Å². The molecule has 0 bridgehead atoms. The Morgan fingerprint density at radius 2 is 1.88 bits per heavy atom. The maximum atomic E-state index is 12.8. The minimum atomic E-state index is -0.123. The van der Waals surface area contributed by atoms with E-state index in [1.807, 2.05) is 48.7 Å². The summed E-state index contributed by atoms with van der Waals surface area (Å²) in [5.74, 6) is 0.352. The molecule has 0 spiro atoms. The fourth-order valence-corrected chi connectivity index (χ4v) is 2.83. The first-order chi connectivity index (χ1) is 11.5. The van der Waals surface area contributed by atoms with Crippen LogP contribution in [0.3, 0.4) is 0 Å². The van der Waals surface area contributed by atoms with Gasteiger partial charge in [0.25, 0.3) is 5.91 Å². The Kier molecular flexibility index (Phi) is 4.38.